The van der Waals surface area contributed by atoms with Gasteiger partial charge in [-0.1, -0.05) is 0 Å². The van der Waals surface area contributed by atoms with Crippen molar-refractivity contribution in [3.05, 3.63) is 0 Å². The molecule has 6 heteroatoms. The molecule has 0 saturated heterocycles. The van der Waals surface area contributed by atoms with Crippen LogP contribution in [0.15, 0.2) is 0 Å². The molecule has 0 rings (SSSR count). The zero-order chi connectivity index (χ0) is 5.41. The van der Waals surface area contributed by atoms with E-state index in [-0.39, 0.29) is 0 Å². The Hall–Kier alpha value is 0.324. The third-order valence-electron chi connectivity index (χ3n) is 0. The molecule has 0 bridgehead atoms. The van der Waals surface area contributed by atoms with Gasteiger partial charge in [-0.25, -0.2) is 5.26 Å². The molecule has 0 aromatic rings. The number of halogens is 1. The molecule has 0 aromatic carbocycles. The van der Waals surface area contributed by atoms with Crippen molar-refractivity contribution in [1.29, 1.82) is 0 Å². The molecule has 2 N–H and O–H groups in total. The van der Waals surface area contributed by atoms with Gasteiger partial charge in [0.2, 0.25) is 0 Å². The van der Waals surface area contributed by atoms with Gasteiger partial charge in [-0.3, -0.25) is 0 Å². The van der Waals surface area contributed by atoms with Gasteiger partial charge in [0.05, 0.1) is 0 Å². The Morgan fingerprint density at radius 1 is 1.83 bits per heavy atom. The summed E-state index contributed by atoms with van der Waals surface area (Å²) in [6, 6.07) is 0. The van der Waals surface area contributed by atoms with Gasteiger partial charge >= 0.3 is 26.5 Å². The zero-order valence-electron chi connectivity index (χ0n) is 2.59. The van der Waals surface area contributed by atoms with Crippen molar-refractivity contribution in [1.82, 2.24) is 0 Å². The van der Waals surface area contributed by atoms with E-state index in [2.05, 4.69) is 0 Å². The molecule has 37 valence electrons. The van der Waals surface area contributed by atoms with E-state index in [0.717, 1.165) is 0 Å². The first-order chi connectivity index (χ1) is 2.83. The molecule has 0 spiro atoms. The number of hydrogen-bond donors (Lipinski definition) is 2. The Balaban J connectivity index is 0. The average molecular weight is 133 g/mol. The third-order valence-corrected chi connectivity index (χ3v) is 0. The van der Waals surface area contributed by atoms with Crippen molar-refractivity contribution in [2.45, 2.75) is 0 Å². The van der Waals surface area contributed by atoms with E-state index in [4.69, 9.17) is 12.3 Å². The molecular formula is H2FO4Ti. The Bertz CT molecular complexity index is 21.5. The molecule has 0 saturated carbocycles. The SMILES string of the molecule is OOF.[O]=[Ti][OH]. The molecule has 0 heterocycles. The maximum atomic E-state index is 9.35. The summed E-state index contributed by atoms with van der Waals surface area (Å²) in [4.78, 5) is 0. The summed E-state index contributed by atoms with van der Waals surface area (Å²) >= 11 is -1.75. The molecule has 0 atom stereocenters. The van der Waals surface area contributed by atoms with Gasteiger partial charge in [-0.05, 0) is 9.62 Å². The van der Waals surface area contributed by atoms with Crippen LogP contribution in [0.4, 0.5) is 4.53 Å². The maximum absolute atomic E-state index is 9.35. The van der Waals surface area contributed by atoms with Crippen LogP contribution in [-0.2, 0) is 27.9 Å². The number of hydrogen-bond acceptors (Lipinski definition) is 3. The average Bonchev–Trinajstić information content (AvgIpc) is 1.39. The molecule has 0 aliphatic rings. The zero-order valence-corrected chi connectivity index (χ0v) is 4.15. The quantitative estimate of drug-likeness (QED) is 0.270. The summed E-state index contributed by atoms with van der Waals surface area (Å²) in [6.07, 6.45) is 0. The van der Waals surface area contributed by atoms with Gasteiger partial charge in [0.25, 0.3) is 0 Å². The normalized spacial score (nSPS) is 4.50. The first-order valence-corrected chi connectivity index (χ1v) is 2.10. The fraction of sp³-hybridized carbons (Fsp3) is 0. The third kappa shape index (κ3) is 454. The molecule has 0 aromatic heterocycles. The van der Waals surface area contributed by atoms with Crippen LogP contribution in [0, 0.1) is 0 Å². The van der Waals surface area contributed by atoms with E-state index < -0.39 is 19.5 Å². The Morgan fingerprint density at radius 2 is 1.83 bits per heavy atom. The molecule has 0 radical (unpaired) electrons. The van der Waals surface area contributed by atoms with Crippen LogP contribution in [0.5, 0.6) is 0 Å². The van der Waals surface area contributed by atoms with Gasteiger partial charge in [0.1, 0.15) is 0 Å². The van der Waals surface area contributed by atoms with Crippen LogP contribution in [-0.4, -0.2) is 8.95 Å². The predicted molar refractivity (Wildman–Crippen MR) is 7.73 cm³/mol. The molecule has 0 unspecified atom stereocenters. The van der Waals surface area contributed by atoms with E-state index >= 15 is 0 Å². The molecule has 0 aliphatic heterocycles. The minimum absolute atomic E-state index is 1.75. The summed E-state index contributed by atoms with van der Waals surface area (Å²) in [7, 11) is 0. The van der Waals surface area contributed by atoms with E-state index in [9.17, 15) is 4.53 Å². The first-order valence-electron chi connectivity index (χ1n) is 0.765. The van der Waals surface area contributed by atoms with E-state index in [1.807, 2.05) is 0 Å². The van der Waals surface area contributed by atoms with Gasteiger partial charge in [-0.15, -0.1) is 0 Å². The molecule has 6 heavy (non-hydrogen) atoms. The van der Waals surface area contributed by atoms with Gasteiger partial charge in [0, 0.05) is 0 Å². The van der Waals surface area contributed by atoms with Gasteiger partial charge in [-0.2, -0.15) is 0 Å². The van der Waals surface area contributed by atoms with Crippen molar-refractivity contribution in [2.75, 3.05) is 0 Å². The van der Waals surface area contributed by atoms with E-state index in [1.54, 1.807) is 5.09 Å². The summed E-state index contributed by atoms with van der Waals surface area (Å²) in [5.74, 6) is 0. The van der Waals surface area contributed by atoms with Crippen LogP contribution in [0.3, 0.4) is 0 Å². The van der Waals surface area contributed by atoms with Crippen molar-refractivity contribution >= 4 is 0 Å². The van der Waals surface area contributed by atoms with Gasteiger partial charge < -0.3 is 0 Å². The summed E-state index contributed by atoms with van der Waals surface area (Å²) in [6.45, 7) is 0. The second-order valence-electron chi connectivity index (χ2n) is 0.160. The van der Waals surface area contributed by atoms with Crippen molar-refractivity contribution in [3.63, 3.8) is 0 Å². The molecular weight excluding hydrogens is 131 g/mol. The number of rotatable bonds is 0. The Morgan fingerprint density at radius 3 is 1.83 bits per heavy atom. The topological polar surface area (TPSA) is 66.8 Å². The fourth-order valence-corrected chi connectivity index (χ4v) is 0. The monoisotopic (exact) mass is 133 g/mol. The summed E-state index contributed by atoms with van der Waals surface area (Å²) < 4.78 is 25.1. The second-order valence-corrected chi connectivity index (χ2v) is 0.445. The van der Waals surface area contributed by atoms with Crippen LogP contribution < -0.4 is 0 Å². The minimum atomic E-state index is -1.75. The Kier molecular flexibility index (Phi) is 29.4. The summed E-state index contributed by atoms with van der Waals surface area (Å²) in [5.41, 5.74) is 0. The van der Waals surface area contributed by atoms with Crippen molar-refractivity contribution in [2.24, 2.45) is 0 Å². The van der Waals surface area contributed by atoms with Gasteiger partial charge in [0.15, 0.2) is 0 Å². The van der Waals surface area contributed by atoms with E-state index in [0.29, 0.717) is 0 Å². The van der Waals surface area contributed by atoms with Crippen LogP contribution in [0.1, 0.15) is 0 Å². The molecule has 4 nitrogen and oxygen atoms in total. The van der Waals surface area contributed by atoms with Crippen LogP contribution >= 0.6 is 0 Å². The standard InChI is InChI=1S/FHO2.H2O.O.Ti/c1-3-2;;;/h2H;1H2;;/q;;;+1/p-1. The van der Waals surface area contributed by atoms with Crippen molar-refractivity contribution < 1.29 is 41.4 Å². The second kappa shape index (κ2) is 18.4. The molecule has 0 fully saturated rings. The van der Waals surface area contributed by atoms with Crippen molar-refractivity contribution in [3.8, 4) is 0 Å². The fourth-order valence-electron chi connectivity index (χ4n) is 0. The summed E-state index contributed by atoms with van der Waals surface area (Å²) in [5, 5.41) is 8.15. The Labute approximate surface area is 42.1 Å². The molecule has 0 aliphatic carbocycles. The predicted octanol–water partition coefficient (Wildman–Crippen LogP) is -0.318. The molecule has 0 amide bonds. The van der Waals surface area contributed by atoms with E-state index in [1.165, 1.54) is 0 Å². The van der Waals surface area contributed by atoms with Crippen LogP contribution in [0.2, 0.25) is 0 Å². The van der Waals surface area contributed by atoms with Crippen LogP contribution in [0.25, 0.3) is 0 Å². The first kappa shape index (κ1) is 9.59.